The average molecular weight is 281 g/mol. The Bertz CT molecular complexity index is 452. The van der Waals surface area contributed by atoms with Gasteiger partial charge in [0.25, 0.3) is 0 Å². The van der Waals surface area contributed by atoms with Crippen LogP contribution in [0.1, 0.15) is 31.7 Å². The van der Waals surface area contributed by atoms with Crippen LogP contribution in [0.3, 0.4) is 0 Å². The molecular weight excluding hydrogens is 258 g/mol. The van der Waals surface area contributed by atoms with Crippen LogP contribution in [0, 0.1) is 5.92 Å². The van der Waals surface area contributed by atoms with Crippen LogP contribution >= 0.6 is 0 Å². The first-order valence-electron chi connectivity index (χ1n) is 7.01. The first-order chi connectivity index (χ1) is 9.54. The molecule has 0 spiro atoms. The van der Waals surface area contributed by atoms with Crippen LogP contribution in [0.15, 0.2) is 12.4 Å². The minimum absolute atomic E-state index is 0.192. The number of esters is 1. The first kappa shape index (κ1) is 15.0. The Balaban J connectivity index is 1.91. The minimum Gasteiger partial charge on any atom is -0.468 e. The number of aliphatic hydroxyl groups excluding tert-OH is 1. The molecule has 1 aliphatic rings. The van der Waals surface area contributed by atoms with Crippen LogP contribution < -0.4 is 0 Å². The Kier molecular flexibility index (Phi) is 4.77. The van der Waals surface area contributed by atoms with Gasteiger partial charge in [-0.3, -0.25) is 9.69 Å². The number of piperidine rings is 1. The second-order valence-corrected chi connectivity index (χ2v) is 5.41. The van der Waals surface area contributed by atoms with Gasteiger partial charge >= 0.3 is 5.97 Å². The summed E-state index contributed by atoms with van der Waals surface area (Å²) in [5.41, 5.74) is 0. The van der Waals surface area contributed by atoms with E-state index in [1.807, 2.05) is 24.7 Å². The number of carbonyl (C=O) groups excluding carboxylic acids is 1. The normalized spacial score (nSPS) is 20.6. The van der Waals surface area contributed by atoms with E-state index in [-0.39, 0.29) is 17.9 Å². The molecule has 1 N–H and O–H groups in total. The lowest BCUT2D eigenvalue weighted by Gasteiger charge is -2.36. The van der Waals surface area contributed by atoms with E-state index in [4.69, 9.17) is 4.74 Å². The number of nitrogens with zero attached hydrogens (tertiary/aromatic N) is 3. The minimum atomic E-state index is -0.536. The van der Waals surface area contributed by atoms with Crippen LogP contribution in [0.25, 0.3) is 0 Å². The second-order valence-electron chi connectivity index (χ2n) is 5.41. The third-order valence-electron chi connectivity index (χ3n) is 4.23. The van der Waals surface area contributed by atoms with E-state index in [0.717, 1.165) is 25.9 Å². The highest BCUT2D eigenvalue weighted by molar-refractivity contribution is 5.75. The summed E-state index contributed by atoms with van der Waals surface area (Å²) in [5, 5.41) is 10.4. The number of aliphatic hydroxyl groups is 1. The lowest BCUT2D eigenvalue weighted by atomic mass is 9.90. The number of imidazole rings is 1. The second kappa shape index (κ2) is 6.37. The lowest BCUT2D eigenvalue weighted by Crippen LogP contribution is -2.45. The Hall–Kier alpha value is -1.40. The molecule has 2 atom stereocenters. The van der Waals surface area contributed by atoms with Gasteiger partial charge in [0.05, 0.1) is 7.11 Å². The maximum Gasteiger partial charge on any atom is 0.322 e. The smallest absolute Gasteiger partial charge is 0.322 e. The van der Waals surface area contributed by atoms with Gasteiger partial charge in [-0.2, -0.15) is 0 Å². The molecule has 2 unspecified atom stereocenters. The van der Waals surface area contributed by atoms with Crippen LogP contribution in [0.4, 0.5) is 0 Å². The molecule has 0 aromatic carbocycles. The van der Waals surface area contributed by atoms with E-state index in [1.165, 1.54) is 7.11 Å². The highest BCUT2D eigenvalue weighted by Gasteiger charge is 2.31. The van der Waals surface area contributed by atoms with Gasteiger partial charge in [-0.25, -0.2) is 4.98 Å². The molecule has 0 aliphatic carbocycles. The van der Waals surface area contributed by atoms with Gasteiger partial charge in [0.1, 0.15) is 18.0 Å². The molecule has 1 fully saturated rings. The van der Waals surface area contributed by atoms with E-state index < -0.39 is 6.10 Å². The average Bonchev–Trinajstić information content (AvgIpc) is 2.91. The van der Waals surface area contributed by atoms with Crippen molar-refractivity contribution in [3.63, 3.8) is 0 Å². The van der Waals surface area contributed by atoms with Crippen molar-refractivity contribution in [2.75, 3.05) is 20.2 Å². The summed E-state index contributed by atoms with van der Waals surface area (Å²) in [6.45, 7) is 3.45. The van der Waals surface area contributed by atoms with Crippen molar-refractivity contribution >= 4 is 5.97 Å². The van der Waals surface area contributed by atoms with Crippen molar-refractivity contribution in [3.05, 3.63) is 18.2 Å². The van der Waals surface area contributed by atoms with Crippen molar-refractivity contribution in [3.8, 4) is 0 Å². The summed E-state index contributed by atoms with van der Waals surface area (Å²) in [4.78, 5) is 17.8. The van der Waals surface area contributed by atoms with E-state index in [2.05, 4.69) is 9.88 Å². The Labute approximate surface area is 119 Å². The van der Waals surface area contributed by atoms with Gasteiger partial charge in [-0.15, -0.1) is 0 Å². The number of aryl methyl sites for hydroxylation is 1. The number of hydrogen-bond acceptors (Lipinski definition) is 5. The van der Waals surface area contributed by atoms with E-state index in [9.17, 15) is 9.90 Å². The first-order valence-corrected chi connectivity index (χ1v) is 7.01. The molecule has 112 valence electrons. The number of hydrogen-bond donors (Lipinski definition) is 1. The molecule has 1 aliphatic heterocycles. The predicted octanol–water partition coefficient (Wildman–Crippen LogP) is 0.727. The van der Waals surface area contributed by atoms with Gasteiger partial charge in [-0.05, 0) is 38.8 Å². The molecule has 2 rings (SSSR count). The monoisotopic (exact) mass is 281 g/mol. The summed E-state index contributed by atoms with van der Waals surface area (Å²) in [7, 11) is 3.30. The fraction of sp³-hybridized carbons (Fsp3) is 0.714. The van der Waals surface area contributed by atoms with E-state index in [1.54, 1.807) is 6.20 Å². The van der Waals surface area contributed by atoms with Crippen molar-refractivity contribution < 1.29 is 14.6 Å². The largest absolute Gasteiger partial charge is 0.468 e. The van der Waals surface area contributed by atoms with Gasteiger partial charge in [0.2, 0.25) is 0 Å². The van der Waals surface area contributed by atoms with Crippen LogP contribution in [-0.4, -0.2) is 51.8 Å². The van der Waals surface area contributed by atoms with Crippen LogP contribution in [0.5, 0.6) is 0 Å². The van der Waals surface area contributed by atoms with Crippen molar-refractivity contribution in [2.24, 2.45) is 13.0 Å². The SMILES string of the molecule is COC(=O)C(C)N1CCC(C(O)c2nccn2C)CC1. The maximum atomic E-state index is 11.5. The zero-order valence-electron chi connectivity index (χ0n) is 12.3. The number of carbonyl (C=O) groups is 1. The molecule has 0 amide bonds. The Morgan fingerprint density at radius 3 is 2.65 bits per heavy atom. The van der Waals surface area contributed by atoms with E-state index in [0.29, 0.717) is 5.82 Å². The number of aromatic nitrogens is 2. The summed E-state index contributed by atoms with van der Waals surface area (Å²) in [6.07, 6.45) is 4.72. The molecular formula is C14H23N3O3. The van der Waals surface area contributed by atoms with Gasteiger partial charge in [0.15, 0.2) is 0 Å². The molecule has 20 heavy (non-hydrogen) atoms. The number of likely N-dealkylation sites (tertiary alicyclic amines) is 1. The maximum absolute atomic E-state index is 11.5. The van der Waals surface area contributed by atoms with Gasteiger partial charge < -0.3 is 14.4 Å². The molecule has 0 saturated carbocycles. The molecule has 2 heterocycles. The summed E-state index contributed by atoms with van der Waals surface area (Å²) in [6, 6.07) is -0.216. The summed E-state index contributed by atoms with van der Waals surface area (Å²) >= 11 is 0. The number of ether oxygens (including phenoxy) is 1. The summed E-state index contributed by atoms with van der Waals surface area (Å²) in [5.74, 6) is 0.703. The zero-order valence-corrected chi connectivity index (χ0v) is 12.3. The third kappa shape index (κ3) is 3.02. The molecule has 1 saturated heterocycles. The molecule has 1 aromatic rings. The third-order valence-corrected chi connectivity index (χ3v) is 4.23. The Morgan fingerprint density at radius 2 is 2.15 bits per heavy atom. The Morgan fingerprint density at radius 1 is 1.50 bits per heavy atom. The fourth-order valence-corrected chi connectivity index (χ4v) is 2.82. The standard InChI is InChI=1S/C14H23N3O3/c1-10(14(19)20-3)17-7-4-11(5-8-17)12(18)13-15-6-9-16(13)2/h6,9-12,18H,4-5,7-8H2,1-3H3. The van der Waals surface area contributed by atoms with Crippen molar-refractivity contribution in [2.45, 2.75) is 31.9 Å². The molecule has 0 bridgehead atoms. The van der Waals surface area contributed by atoms with Gasteiger partial charge in [-0.1, -0.05) is 0 Å². The summed E-state index contributed by atoms with van der Waals surface area (Å²) < 4.78 is 6.63. The molecule has 1 aromatic heterocycles. The van der Waals surface area contributed by atoms with Crippen LogP contribution in [0.2, 0.25) is 0 Å². The molecule has 6 nitrogen and oxygen atoms in total. The highest BCUT2D eigenvalue weighted by atomic mass is 16.5. The number of rotatable bonds is 4. The lowest BCUT2D eigenvalue weighted by molar-refractivity contribution is -0.147. The quantitative estimate of drug-likeness (QED) is 0.824. The highest BCUT2D eigenvalue weighted by Crippen LogP contribution is 2.30. The van der Waals surface area contributed by atoms with E-state index >= 15 is 0 Å². The van der Waals surface area contributed by atoms with Crippen molar-refractivity contribution in [1.29, 1.82) is 0 Å². The molecule has 0 radical (unpaired) electrons. The van der Waals surface area contributed by atoms with Crippen molar-refractivity contribution in [1.82, 2.24) is 14.5 Å². The topological polar surface area (TPSA) is 67.6 Å². The molecule has 6 heteroatoms. The van der Waals surface area contributed by atoms with Gasteiger partial charge in [0, 0.05) is 19.4 Å². The predicted molar refractivity (Wildman–Crippen MR) is 73.9 cm³/mol. The van der Waals surface area contributed by atoms with Crippen LogP contribution in [-0.2, 0) is 16.6 Å². The fourth-order valence-electron chi connectivity index (χ4n) is 2.82. The number of methoxy groups -OCH3 is 1. The zero-order chi connectivity index (χ0) is 14.7.